The van der Waals surface area contributed by atoms with Crippen LogP contribution in [-0.4, -0.2) is 28.7 Å². The first kappa shape index (κ1) is 13.3. The molecule has 0 aromatic rings. The van der Waals surface area contributed by atoms with E-state index in [9.17, 15) is 4.79 Å². The number of unbranched alkanes of at least 4 members (excludes halogenated alkanes) is 1. The van der Waals surface area contributed by atoms with Gasteiger partial charge in [-0.2, -0.15) is 0 Å². The molecule has 0 fully saturated rings. The van der Waals surface area contributed by atoms with Crippen LogP contribution in [0.2, 0.25) is 0 Å². The summed E-state index contributed by atoms with van der Waals surface area (Å²) in [6.07, 6.45) is 4.20. The molecule has 3 nitrogen and oxygen atoms in total. The Kier molecular flexibility index (Phi) is 7.25. The molecular weight excluding hydrogens is 178 g/mol. The van der Waals surface area contributed by atoms with Crippen molar-refractivity contribution in [1.29, 1.82) is 0 Å². The maximum atomic E-state index is 11.0. The summed E-state index contributed by atoms with van der Waals surface area (Å²) in [5.74, 6) is 0. The molecular formula is C11H23NO2. The second-order valence-electron chi connectivity index (χ2n) is 3.68. The van der Waals surface area contributed by atoms with Crippen LogP contribution >= 0.6 is 0 Å². The summed E-state index contributed by atoms with van der Waals surface area (Å²) in [6, 6.07) is 0.212. The van der Waals surface area contributed by atoms with Crippen LogP contribution in [-0.2, 0) is 0 Å². The van der Waals surface area contributed by atoms with E-state index in [0.29, 0.717) is 6.54 Å². The molecule has 0 aromatic carbocycles. The van der Waals surface area contributed by atoms with Gasteiger partial charge in [0.2, 0.25) is 0 Å². The van der Waals surface area contributed by atoms with Gasteiger partial charge < -0.3 is 10.0 Å². The zero-order valence-electron chi connectivity index (χ0n) is 9.62. The molecule has 0 bridgehead atoms. The molecule has 3 heteroatoms. The fourth-order valence-corrected chi connectivity index (χ4v) is 1.68. The second-order valence-corrected chi connectivity index (χ2v) is 3.68. The van der Waals surface area contributed by atoms with Crippen LogP contribution in [0.5, 0.6) is 0 Å². The minimum atomic E-state index is -0.765. The summed E-state index contributed by atoms with van der Waals surface area (Å²) < 4.78 is 0. The highest BCUT2D eigenvalue weighted by atomic mass is 16.4. The van der Waals surface area contributed by atoms with Crippen molar-refractivity contribution in [3.05, 3.63) is 0 Å². The summed E-state index contributed by atoms with van der Waals surface area (Å²) in [5.41, 5.74) is 0. The molecule has 0 heterocycles. The van der Waals surface area contributed by atoms with Gasteiger partial charge in [-0.1, -0.05) is 33.6 Å². The Labute approximate surface area is 87.1 Å². The van der Waals surface area contributed by atoms with E-state index in [1.807, 2.05) is 0 Å². The summed E-state index contributed by atoms with van der Waals surface area (Å²) in [7, 11) is 0. The number of carboxylic acid groups (broad SMARTS) is 1. The van der Waals surface area contributed by atoms with E-state index in [0.717, 1.165) is 32.1 Å². The van der Waals surface area contributed by atoms with Gasteiger partial charge in [0.1, 0.15) is 0 Å². The molecule has 1 amide bonds. The first-order valence-corrected chi connectivity index (χ1v) is 5.66. The Bertz CT molecular complexity index is 159. The lowest BCUT2D eigenvalue weighted by atomic mass is 10.1. The molecule has 0 saturated heterocycles. The quantitative estimate of drug-likeness (QED) is 0.686. The van der Waals surface area contributed by atoms with Crippen LogP contribution in [0.25, 0.3) is 0 Å². The van der Waals surface area contributed by atoms with Crippen molar-refractivity contribution in [2.45, 2.75) is 58.9 Å². The summed E-state index contributed by atoms with van der Waals surface area (Å²) in [4.78, 5) is 12.6. The fraction of sp³-hybridized carbons (Fsp3) is 0.909. The van der Waals surface area contributed by atoms with Crippen LogP contribution in [0.15, 0.2) is 0 Å². The van der Waals surface area contributed by atoms with Gasteiger partial charge in [0.05, 0.1) is 0 Å². The molecule has 1 atom stereocenters. The molecule has 0 saturated carbocycles. The maximum Gasteiger partial charge on any atom is 0.407 e. The SMILES string of the molecule is CCCCN(C(=O)O)C(CC)CCC. The Morgan fingerprint density at radius 1 is 1.29 bits per heavy atom. The first-order chi connectivity index (χ1) is 6.67. The molecule has 0 aromatic heterocycles. The van der Waals surface area contributed by atoms with Gasteiger partial charge in [0.25, 0.3) is 0 Å². The predicted molar refractivity (Wildman–Crippen MR) is 58.6 cm³/mol. The summed E-state index contributed by atoms with van der Waals surface area (Å²) in [5, 5.41) is 9.05. The zero-order chi connectivity index (χ0) is 11.0. The molecule has 14 heavy (non-hydrogen) atoms. The van der Waals surface area contributed by atoms with E-state index < -0.39 is 6.09 Å². The van der Waals surface area contributed by atoms with Crippen LogP contribution in [0.1, 0.15) is 52.9 Å². The minimum Gasteiger partial charge on any atom is -0.465 e. The molecule has 0 radical (unpaired) electrons. The van der Waals surface area contributed by atoms with E-state index in [2.05, 4.69) is 20.8 Å². The van der Waals surface area contributed by atoms with Crippen molar-refractivity contribution >= 4 is 6.09 Å². The number of hydrogen-bond acceptors (Lipinski definition) is 1. The van der Waals surface area contributed by atoms with Crippen LogP contribution in [0.4, 0.5) is 4.79 Å². The molecule has 0 rings (SSSR count). The van der Waals surface area contributed by atoms with Gasteiger partial charge in [0, 0.05) is 12.6 Å². The van der Waals surface area contributed by atoms with E-state index in [-0.39, 0.29) is 6.04 Å². The van der Waals surface area contributed by atoms with Crippen LogP contribution < -0.4 is 0 Å². The van der Waals surface area contributed by atoms with Crippen molar-refractivity contribution in [3.63, 3.8) is 0 Å². The lowest BCUT2D eigenvalue weighted by Gasteiger charge is -2.28. The maximum absolute atomic E-state index is 11.0. The molecule has 0 aliphatic carbocycles. The summed E-state index contributed by atoms with van der Waals surface area (Å²) in [6.45, 7) is 6.93. The highest BCUT2D eigenvalue weighted by molar-refractivity contribution is 5.65. The van der Waals surface area contributed by atoms with Crippen molar-refractivity contribution in [3.8, 4) is 0 Å². The van der Waals surface area contributed by atoms with E-state index in [1.165, 1.54) is 0 Å². The molecule has 1 N–H and O–H groups in total. The van der Waals surface area contributed by atoms with Crippen molar-refractivity contribution in [1.82, 2.24) is 4.90 Å². The van der Waals surface area contributed by atoms with E-state index in [1.54, 1.807) is 4.90 Å². The van der Waals surface area contributed by atoms with Gasteiger partial charge in [-0.25, -0.2) is 4.79 Å². The van der Waals surface area contributed by atoms with Gasteiger partial charge in [-0.15, -0.1) is 0 Å². The Morgan fingerprint density at radius 2 is 1.93 bits per heavy atom. The van der Waals surface area contributed by atoms with E-state index in [4.69, 9.17) is 5.11 Å². The highest BCUT2D eigenvalue weighted by Gasteiger charge is 2.19. The lowest BCUT2D eigenvalue weighted by molar-refractivity contribution is 0.118. The average molecular weight is 201 g/mol. The number of amides is 1. The van der Waals surface area contributed by atoms with Crippen molar-refractivity contribution in [2.24, 2.45) is 0 Å². The summed E-state index contributed by atoms with van der Waals surface area (Å²) >= 11 is 0. The van der Waals surface area contributed by atoms with Gasteiger partial charge >= 0.3 is 6.09 Å². The van der Waals surface area contributed by atoms with Gasteiger partial charge in [0.15, 0.2) is 0 Å². The molecule has 84 valence electrons. The van der Waals surface area contributed by atoms with Gasteiger partial charge in [-0.05, 0) is 19.3 Å². The monoisotopic (exact) mass is 201 g/mol. The minimum absolute atomic E-state index is 0.212. The smallest absolute Gasteiger partial charge is 0.407 e. The predicted octanol–water partition coefficient (Wildman–Crippen LogP) is 3.35. The normalized spacial score (nSPS) is 12.5. The lowest BCUT2D eigenvalue weighted by Crippen LogP contribution is -2.39. The topological polar surface area (TPSA) is 40.5 Å². The standard InChI is InChI=1S/C11H23NO2/c1-4-7-9-12(11(13)14)10(6-3)8-5-2/h10H,4-9H2,1-3H3,(H,13,14). The Morgan fingerprint density at radius 3 is 2.29 bits per heavy atom. The Hall–Kier alpha value is -0.730. The van der Waals surface area contributed by atoms with Crippen molar-refractivity contribution < 1.29 is 9.90 Å². The van der Waals surface area contributed by atoms with Gasteiger partial charge in [-0.3, -0.25) is 0 Å². The largest absolute Gasteiger partial charge is 0.465 e. The third-order valence-electron chi connectivity index (χ3n) is 2.53. The van der Waals surface area contributed by atoms with Crippen LogP contribution in [0, 0.1) is 0 Å². The second kappa shape index (κ2) is 7.65. The fourth-order valence-electron chi connectivity index (χ4n) is 1.68. The molecule has 0 aliphatic rings. The first-order valence-electron chi connectivity index (χ1n) is 5.66. The number of carbonyl (C=O) groups is 1. The number of nitrogens with zero attached hydrogens (tertiary/aromatic N) is 1. The third kappa shape index (κ3) is 4.49. The molecule has 0 spiro atoms. The number of hydrogen-bond donors (Lipinski definition) is 1. The average Bonchev–Trinajstić information content (AvgIpc) is 2.16. The van der Waals surface area contributed by atoms with Crippen molar-refractivity contribution in [2.75, 3.05) is 6.54 Å². The van der Waals surface area contributed by atoms with E-state index >= 15 is 0 Å². The van der Waals surface area contributed by atoms with Crippen LogP contribution in [0.3, 0.4) is 0 Å². The molecule has 1 unspecified atom stereocenters. The highest BCUT2D eigenvalue weighted by Crippen LogP contribution is 2.12. The molecule has 0 aliphatic heterocycles. The third-order valence-corrected chi connectivity index (χ3v) is 2.53. The Balaban J connectivity index is 4.20. The zero-order valence-corrected chi connectivity index (χ0v) is 9.62. The number of rotatable bonds is 7.